The number of ether oxygens (including phenoxy) is 2. The maximum absolute atomic E-state index is 6.22. The fourth-order valence-electron chi connectivity index (χ4n) is 3.29. The smallest absolute Gasteiger partial charge is 0.130 e. The van der Waals surface area contributed by atoms with Crippen LogP contribution in [-0.2, 0) is 4.74 Å². The first-order valence-corrected chi connectivity index (χ1v) is 9.20. The highest BCUT2D eigenvalue weighted by molar-refractivity contribution is 6.35. The molecule has 1 unspecified atom stereocenters. The number of halogens is 1. The summed E-state index contributed by atoms with van der Waals surface area (Å²) >= 11 is 6.22. The first kappa shape index (κ1) is 16.9. The standard InChI is InChI=1S/C22H20ClNO2/c1-15-17(14-21(26-15)16-6-3-2-4-7-16)11-13-25-20-10-12-24-22-18(20)8-5-9-19(22)23/h2-10,12,14-15,17H,11,13H2,1H3/t15-,17?/m0/s1. The first-order chi connectivity index (χ1) is 12.7. The van der Waals surface area contributed by atoms with Gasteiger partial charge in [-0.05, 0) is 37.6 Å². The van der Waals surface area contributed by atoms with Gasteiger partial charge in [0, 0.05) is 23.1 Å². The van der Waals surface area contributed by atoms with Gasteiger partial charge in [-0.2, -0.15) is 0 Å². The average Bonchev–Trinajstić information content (AvgIpc) is 3.04. The number of para-hydroxylation sites is 1. The minimum Gasteiger partial charge on any atom is -0.493 e. The van der Waals surface area contributed by atoms with Crippen molar-refractivity contribution in [3.8, 4) is 5.75 Å². The van der Waals surface area contributed by atoms with E-state index in [9.17, 15) is 0 Å². The monoisotopic (exact) mass is 365 g/mol. The van der Waals surface area contributed by atoms with Crippen LogP contribution in [0.1, 0.15) is 18.9 Å². The number of rotatable bonds is 5. The summed E-state index contributed by atoms with van der Waals surface area (Å²) in [6.07, 6.45) is 4.99. The molecule has 0 N–H and O–H groups in total. The van der Waals surface area contributed by atoms with Crippen LogP contribution >= 0.6 is 11.6 Å². The largest absolute Gasteiger partial charge is 0.493 e. The van der Waals surface area contributed by atoms with Crippen molar-refractivity contribution in [3.63, 3.8) is 0 Å². The molecule has 26 heavy (non-hydrogen) atoms. The van der Waals surface area contributed by atoms with Crippen LogP contribution in [0.4, 0.5) is 0 Å². The highest BCUT2D eigenvalue weighted by Gasteiger charge is 2.26. The Labute approximate surface area is 158 Å². The quantitative estimate of drug-likeness (QED) is 0.578. The van der Waals surface area contributed by atoms with Gasteiger partial charge in [0.2, 0.25) is 0 Å². The third-order valence-electron chi connectivity index (χ3n) is 4.73. The van der Waals surface area contributed by atoms with Crippen molar-refractivity contribution in [2.24, 2.45) is 5.92 Å². The van der Waals surface area contributed by atoms with Gasteiger partial charge < -0.3 is 9.47 Å². The van der Waals surface area contributed by atoms with Gasteiger partial charge in [0.1, 0.15) is 17.6 Å². The average molecular weight is 366 g/mol. The minimum atomic E-state index is 0.150. The number of hydrogen-bond acceptors (Lipinski definition) is 3. The molecule has 132 valence electrons. The predicted molar refractivity (Wildman–Crippen MR) is 105 cm³/mol. The zero-order valence-electron chi connectivity index (χ0n) is 14.6. The van der Waals surface area contributed by atoms with E-state index in [1.807, 2.05) is 42.5 Å². The molecule has 2 aromatic carbocycles. The molecule has 0 saturated heterocycles. The molecule has 0 saturated carbocycles. The van der Waals surface area contributed by atoms with E-state index in [2.05, 4.69) is 30.1 Å². The second kappa shape index (κ2) is 7.38. The van der Waals surface area contributed by atoms with Gasteiger partial charge in [0.15, 0.2) is 0 Å². The molecule has 0 fully saturated rings. The van der Waals surface area contributed by atoms with Gasteiger partial charge in [-0.1, -0.05) is 48.0 Å². The topological polar surface area (TPSA) is 31.4 Å². The van der Waals surface area contributed by atoms with Gasteiger partial charge in [-0.3, -0.25) is 4.98 Å². The SMILES string of the molecule is C[C@@H]1OC(c2ccccc2)=CC1CCOc1ccnc2c(Cl)cccc12. The van der Waals surface area contributed by atoms with E-state index in [0.717, 1.165) is 34.4 Å². The first-order valence-electron chi connectivity index (χ1n) is 8.82. The summed E-state index contributed by atoms with van der Waals surface area (Å²) in [7, 11) is 0. The molecule has 3 aromatic rings. The summed E-state index contributed by atoms with van der Waals surface area (Å²) in [5, 5.41) is 1.58. The van der Waals surface area contributed by atoms with Gasteiger partial charge in [0.25, 0.3) is 0 Å². The Morgan fingerprint density at radius 1 is 1.08 bits per heavy atom. The molecule has 1 aromatic heterocycles. The zero-order valence-corrected chi connectivity index (χ0v) is 15.3. The third kappa shape index (κ3) is 3.40. The summed E-state index contributed by atoms with van der Waals surface area (Å²) in [5.74, 6) is 2.11. The van der Waals surface area contributed by atoms with Crippen LogP contribution in [0.25, 0.3) is 16.7 Å². The Balaban J connectivity index is 1.44. The molecular formula is C22H20ClNO2. The van der Waals surface area contributed by atoms with Crippen molar-refractivity contribution in [2.45, 2.75) is 19.4 Å². The molecule has 3 nitrogen and oxygen atoms in total. The number of aromatic nitrogens is 1. The van der Waals surface area contributed by atoms with Crippen LogP contribution in [0, 0.1) is 5.92 Å². The van der Waals surface area contributed by atoms with Gasteiger partial charge in [-0.25, -0.2) is 0 Å². The lowest BCUT2D eigenvalue weighted by Gasteiger charge is -2.15. The van der Waals surface area contributed by atoms with Crippen molar-refractivity contribution >= 4 is 28.3 Å². The normalized spacial score (nSPS) is 19.2. The predicted octanol–water partition coefficient (Wildman–Crippen LogP) is 5.73. The van der Waals surface area contributed by atoms with E-state index in [-0.39, 0.29) is 6.10 Å². The van der Waals surface area contributed by atoms with Crippen molar-refractivity contribution < 1.29 is 9.47 Å². The molecule has 2 atom stereocenters. The summed E-state index contributed by atoms with van der Waals surface area (Å²) < 4.78 is 12.1. The molecule has 0 bridgehead atoms. The number of hydrogen-bond donors (Lipinski definition) is 0. The van der Waals surface area contributed by atoms with E-state index in [4.69, 9.17) is 21.1 Å². The Morgan fingerprint density at radius 3 is 2.77 bits per heavy atom. The Bertz CT molecular complexity index is 939. The molecular weight excluding hydrogens is 346 g/mol. The van der Waals surface area contributed by atoms with Crippen LogP contribution in [0.3, 0.4) is 0 Å². The molecule has 0 aliphatic carbocycles. The van der Waals surface area contributed by atoms with Crippen molar-refractivity contribution in [1.82, 2.24) is 4.98 Å². The van der Waals surface area contributed by atoms with Gasteiger partial charge >= 0.3 is 0 Å². The van der Waals surface area contributed by atoms with Gasteiger partial charge in [0.05, 0.1) is 17.1 Å². The van der Waals surface area contributed by atoms with Crippen LogP contribution in [0.15, 0.2) is 66.9 Å². The number of benzene rings is 2. The Hall–Kier alpha value is -2.52. The Morgan fingerprint density at radius 2 is 1.92 bits per heavy atom. The summed E-state index contributed by atoms with van der Waals surface area (Å²) in [6, 6.07) is 17.8. The summed E-state index contributed by atoms with van der Waals surface area (Å²) in [4.78, 5) is 4.34. The molecule has 0 spiro atoms. The van der Waals surface area contributed by atoms with E-state index >= 15 is 0 Å². The maximum Gasteiger partial charge on any atom is 0.130 e. The number of nitrogens with zero attached hydrogens (tertiary/aromatic N) is 1. The summed E-state index contributed by atoms with van der Waals surface area (Å²) in [5.41, 5.74) is 1.90. The highest BCUT2D eigenvalue weighted by Crippen LogP contribution is 2.33. The van der Waals surface area contributed by atoms with E-state index in [1.54, 1.807) is 6.20 Å². The van der Waals surface area contributed by atoms with Crippen molar-refractivity contribution in [3.05, 3.63) is 77.5 Å². The van der Waals surface area contributed by atoms with E-state index in [1.165, 1.54) is 0 Å². The van der Waals surface area contributed by atoms with Gasteiger partial charge in [-0.15, -0.1) is 0 Å². The maximum atomic E-state index is 6.22. The molecule has 0 radical (unpaired) electrons. The van der Waals surface area contributed by atoms with Crippen molar-refractivity contribution in [1.29, 1.82) is 0 Å². The molecule has 0 amide bonds. The fourth-order valence-corrected chi connectivity index (χ4v) is 3.51. The molecule has 1 aliphatic rings. The second-order valence-electron chi connectivity index (χ2n) is 6.47. The number of pyridine rings is 1. The minimum absolute atomic E-state index is 0.150. The lowest BCUT2D eigenvalue weighted by Crippen LogP contribution is -2.15. The molecule has 1 aliphatic heterocycles. The highest BCUT2D eigenvalue weighted by atomic mass is 35.5. The summed E-state index contributed by atoms with van der Waals surface area (Å²) in [6.45, 7) is 2.72. The molecule has 2 heterocycles. The third-order valence-corrected chi connectivity index (χ3v) is 5.04. The lowest BCUT2D eigenvalue weighted by atomic mass is 10.0. The van der Waals surface area contributed by atoms with E-state index < -0.39 is 0 Å². The van der Waals surface area contributed by atoms with Crippen LogP contribution in [0.5, 0.6) is 5.75 Å². The lowest BCUT2D eigenvalue weighted by molar-refractivity contribution is 0.154. The molecule has 4 rings (SSSR count). The molecule has 4 heteroatoms. The second-order valence-corrected chi connectivity index (χ2v) is 6.87. The number of fused-ring (bicyclic) bond motifs is 1. The van der Waals surface area contributed by atoms with Crippen LogP contribution in [-0.4, -0.2) is 17.7 Å². The van der Waals surface area contributed by atoms with E-state index in [0.29, 0.717) is 17.5 Å². The van der Waals surface area contributed by atoms with Crippen LogP contribution < -0.4 is 4.74 Å². The fraction of sp³-hybridized carbons (Fsp3) is 0.227. The van der Waals surface area contributed by atoms with Crippen molar-refractivity contribution in [2.75, 3.05) is 6.61 Å². The Kier molecular flexibility index (Phi) is 4.81. The van der Waals surface area contributed by atoms with Crippen LogP contribution in [0.2, 0.25) is 5.02 Å². The zero-order chi connectivity index (χ0) is 17.9.